The van der Waals surface area contributed by atoms with Crippen molar-refractivity contribution in [3.63, 3.8) is 0 Å². The van der Waals surface area contributed by atoms with Crippen molar-refractivity contribution in [3.8, 4) is 5.75 Å². The van der Waals surface area contributed by atoms with Crippen LogP contribution in [0.5, 0.6) is 5.75 Å². The second kappa shape index (κ2) is 5.44. The van der Waals surface area contributed by atoms with Gasteiger partial charge in [-0.1, -0.05) is 0 Å². The Labute approximate surface area is 118 Å². The van der Waals surface area contributed by atoms with Crippen LogP contribution in [0.1, 0.15) is 14.2 Å². The Morgan fingerprint density at radius 2 is 2.30 bits per heavy atom. The van der Waals surface area contributed by atoms with Gasteiger partial charge in [0.15, 0.2) is 7.12 Å². The van der Waals surface area contributed by atoms with Gasteiger partial charge in [-0.25, -0.2) is 0 Å². The first-order chi connectivity index (χ1) is 9.92. The molecule has 0 aromatic heterocycles. The van der Waals surface area contributed by atoms with Gasteiger partial charge in [-0.2, -0.15) is 8.78 Å². The first kappa shape index (κ1) is 12.2. The predicted molar refractivity (Wildman–Crippen MR) is 74.2 cm³/mol. The van der Waals surface area contributed by atoms with Crippen LogP contribution in [-0.4, -0.2) is 32.3 Å². The van der Waals surface area contributed by atoms with Crippen LogP contribution >= 0.6 is 0 Å². The van der Waals surface area contributed by atoms with Crippen LogP contribution in [0, 0.1) is 5.92 Å². The number of fused-ring (bicyclic) bond motifs is 1. The maximum atomic E-state index is 12.7. The quantitative estimate of drug-likeness (QED) is 0.834. The van der Waals surface area contributed by atoms with Crippen LogP contribution in [0.4, 0.5) is 20.2 Å². The van der Waals surface area contributed by atoms with Crippen molar-refractivity contribution < 1.29 is 14.9 Å². The summed E-state index contributed by atoms with van der Waals surface area (Å²) in [6, 6.07) is 5.31. The minimum absolute atomic E-state index is 0.111. The van der Waals surface area contributed by atoms with E-state index in [0.717, 1.165) is 25.3 Å². The number of anilines is 2. The Bertz CT molecular complexity index is 509. The molecule has 0 aliphatic carbocycles. The molecule has 0 saturated carbocycles. The summed E-state index contributed by atoms with van der Waals surface area (Å²) in [6.07, 6.45) is 2.37. The number of nitrogens with one attached hydrogen (secondary N) is 1. The minimum atomic E-state index is -3.98. The van der Waals surface area contributed by atoms with Crippen molar-refractivity contribution >= 4 is 11.4 Å². The highest BCUT2D eigenvalue weighted by molar-refractivity contribution is 5.62. The van der Waals surface area contributed by atoms with Gasteiger partial charge >= 0.3 is 6.59 Å². The van der Waals surface area contributed by atoms with E-state index in [9.17, 15) is 8.78 Å². The number of ether oxygens (including phenoxy) is 1. The van der Waals surface area contributed by atoms with Crippen molar-refractivity contribution in [2.75, 3.05) is 30.3 Å². The van der Waals surface area contributed by atoms with Gasteiger partial charge in [0.25, 0.3) is 0 Å². The summed E-state index contributed by atoms with van der Waals surface area (Å²) in [6.45, 7) is -1.19. The number of alkyl halides is 2. The Balaban J connectivity index is 1.78. The maximum Gasteiger partial charge on any atom is 0.387 e. The molecule has 1 aromatic carbocycles. The number of benzene rings is 1. The van der Waals surface area contributed by atoms with Crippen molar-refractivity contribution in [1.82, 2.24) is 5.32 Å². The van der Waals surface area contributed by atoms with Crippen LogP contribution < -0.4 is 20.7 Å². The third-order valence-corrected chi connectivity index (χ3v) is 4.15. The van der Waals surface area contributed by atoms with Gasteiger partial charge in [0.2, 0.25) is 0 Å². The lowest BCUT2D eigenvalue weighted by atomic mass is 9.94. The van der Waals surface area contributed by atoms with Crippen molar-refractivity contribution in [3.05, 3.63) is 18.2 Å². The number of halogens is 2. The number of rotatable bonds is 3. The van der Waals surface area contributed by atoms with Gasteiger partial charge in [0.05, 0.1) is 5.69 Å². The highest BCUT2D eigenvalue weighted by atomic mass is 19.3. The van der Waals surface area contributed by atoms with Gasteiger partial charge in [-0.15, -0.1) is 0 Å². The summed E-state index contributed by atoms with van der Waals surface area (Å²) in [7, 11) is 0. The second-order valence-corrected chi connectivity index (χ2v) is 5.42. The molecule has 3 N–H and O–H groups in total. The molecule has 2 heterocycles. The molecule has 2 unspecified atom stereocenters. The molecule has 2 aliphatic rings. The van der Waals surface area contributed by atoms with Crippen LogP contribution in [0.2, 0.25) is 0 Å². The summed E-state index contributed by atoms with van der Waals surface area (Å²) < 4.78 is 36.3. The summed E-state index contributed by atoms with van der Waals surface area (Å²) in [5, 5.41) is 3.50. The largest absolute Gasteiger partial charge is 0.433 e. The van der Waals surface area contributed by atoms with Crippen LogP contribution in [-0.2, 0) is 0 Å². The Kier molecular flexibility index (Phi) is 3.32. The molecule has 3 rings (SSSR count). The smallest absolute Gasteiger partial charge is 0.387 e. The first-order valence-electron chi connectivity index (χ1n) is 7.37. The molecular weight excluding hydrogens is 264 g/mol. The topological polar surface area (TPSA) is 50.5 Å². The van der Waals surface area contributed by atoms with Crippen molar-refractivity contribution in [2.45, 2.75) is 25.5 Å². The lowest BCUT2D eigenvalue weighted by Gasteiger charge is -2.24. The fourth-order valence-electron chi connectivity index (χ4n) is 3.15. The SMILES string of the molecule is [2H]C(F)(F)Oc1cc(N2CC3CCCNC3C2)ccc1N. The van der Waals surface area contributed by atoms with Gasteiger partial charge in [-0.3, -0.25) is 0 Å². The second-order valence-electron chi connectivity index (χ2n) is 5.42. The Hall–Kier alpha value is -1.56. The molecule has 20 heavy (non-hydrogen) atoms. The molecule has 4 nitrogen and oxygen atoms in total. The number of nitrogens with zero attached hydrogens (tertiary/aromatic N) is 1. The lowest BCUT2D eigenvalue weighted by molar-refractivity contribution is -0.0493. The van der Waals surface area contributed by atoms with Gasteiger partial charge < -0.3 is 20.7 Å². The molecule has 6 heteroatoms. The third-order valence-electron chi connectivity index (χ3n) is 4.15. The van der Waals surface area contributed by atoms with Gasteiger partial charge in [0.1, 0.15) is 0 Å². The third kappa shape index (κ3) is 2.65. The standard InChI is InChI=1S/C14H19F2N3O/c15-14(16)20-13-6-10(3-4-11(13)17)19-7-9-2-1-5-18-12(9)8-19/h3-4,6,9,12,14,18H,1-2,5,7-8,17H2/i14D. The number of hydrogen-bond acceptors (Lipinski definition) is 4. The van der Waals surface area contributed by atoms with E-state index in [4.69, 9.17) is 7.10 Å². The van der Waals surface area contributed by atoms with Crippen LogP contribution in [0.15, 0.2) is 18.2 Å². The highest BCUT2D eigenvalue weighted by Gasteiger charge is 2.34. The number of nitrogens with two attached hydrogens (primary N) is 1. The molecule has 2 fully saturated rings. The normalized spacial score (nSPS) is 27.1. The first-order valence-corrected chi connectivity index (χ1v) is 6.87. The van der Waals surface area contributed by atoms with Crippen molar-refractivity contribution in [2.24, 2.45) is 5.92 Å². The van der Waals surface area contributed by atoms with Gasteiger partial charge in [-0.05, 0) is 37.4 Å². The summed E-state index contributed by atoms with van der Waals surface area (Å²) in [5.41, 5.74) is 6.56. The molecule has 1 aromatic rings. The van der Waals surface area contributed by atoms with E-state index in [-0.39, 0.29) is 11.4 Å². The maximum absolute atomic E-state index is 12.7. The number of piperidine rings is 1. The van der Waals surface area contributed by atoms with E-state index in [0.29, 0.717) is 12.0 Å². The lowest BCUT2D eigenvalue weighted by Crippen LogP contribution is -2.40. The van der Waals surface area contributed by atoms with Gasteiger partial charge in [0, 0.05) is 30.9 Å². The average Bonchev–Trinajstić information content (AvgIpc) is 2.83. The average molecular weight is 284 g/mol. The van der Waals surface area contributed by atoms with E-state index in [1.54, 1.807) is 6.07 Å². The van der Waals surface area contributed by atoms with E-state index < -0.39 is 6.59 Å². The Morgan fingerprint density at radius 1 is 1.45 bits per heavy atom. The molecule has 2 saturated heterocycles. The number of hydrogen-bond donors (Lipinski definition) is 2. The van der Waals surface area contributed by atoms with E-state index in [1.807, 2.05) is 6.07 Å². The minimum Gasteiger partial charge on any atom is -0.433 e. The zero-order valence-electron chi connectivity index (χ0n) is 12.1. The molecule has 110 valence electrons. The fourth-order valence-corrected chi connectivity index (χ4v) is 3.15. The fraction of sp³-hybridized carbons (Fsp3) is 0.571. The van der Waals surface area contributed by atoms with E-state index >= 15 is 0 Å². The van der Waals surface area contributed by atoms with E-state index in [1.165, 1.54) is 18.9 Å². The predicted octanol–water partition coefficient (Wildman–Crippen LogP) is 2.06. The van der Waals surface area contributed by atoms with Crippen LogP contribution in [0.3, 0.4) is 0 Å². The zero-order chi connectivity index (χ0) is 15.0. The summed E-state index contributed by atoms with van der Waals surface area (Å²) in [5.74, 6) is 0.452. The summed E-state index contributed by atoms with van der Waals surface area (Å²) >= 11 is 0. The molecule has 0 amide bonds. The molecule has 0 spiro atoms. The van der Waals surface area contributed by atoms with Crippen LogP contribution in [0.25, 0.3) is 0 Å². The molecular formula is C14H19F2N3O. The highest BCUT2D eigenvalue weighted by Crippen LogP contribution is 2.33. The number of nitrogen functional groups attached to an aromatic ring is 1. The molecule has 0 radical (unpaired) electrons. The van der Waals surface area contributed by atoms with Crippen molar-refractivity contribution in [1.29, 1.82) is 0 Å². The zero-order valence-corrected chi connectivity index (χ0v) is 11.1. The molecule has 2 aliphatic heterocycles. The molecule has 0 bridgehead atoms. The Morgan fingerprint density at radius 3 is 3.05 bits per heavy atom. The van der Waals surface area contributed by atoms with E-state index in [2.05, 4.69) is 15.0 Å². The summed E-state index contributed by atoms with van der Waals surface area (Å²) in [4.78, 5) is 2.15. The molecule has 2 atom stereocenters. The monoisotopic (exact) mass is 284 g/mol.